The molecule has 0 unspecified atom stereocenters. The Morgan fingerprint density at radius 3 is 2.12 bits per heavy atom. The highest BCUT2D eigenvalue weighted by atomic mass is 32.2. The van der Waals surface area contributed by atoms with Gasteiger partial charge in [-0.15, -0.1) is 0 Å². The minimum atomic E-state index is -3.65. The fourth-order valence-corrected chi connectivity index (χ4v) is 4.27. The average molecular weight is 455 g/mol. The zero-order valence-corrected chi connectivity index (χ0v) is 19.0. The molecule has 0 fully saturated rings. The maximum absolute atomic E-state index is 12.7. The first-order valence-corrected chi connectivity index (χ1v) is 11.5. The predicted molar refractivity (Wildman–Crippen MR) is 124 cm³/mol. The fourth-order valence-electron chi connectivity index (χ4n) is 3.05. The van der Waals surface area contributed by atoms with Gasteiger partial charge in [-0.3, -0.25) is 9.10 Å². The second kappa shape index (κ2) is 10.2. The van der Waals surface area contributed by atoms with Crippen LogP contribution in [0.3, 0.4) is 0 Å². The monoisotopic (exact) mass is 454 g/mol. The molecule has 3 aromatic carbocycles. The van der Waals surface area contributed by atoms with Crippen molar-refractivity contribution >= 4 is 21.6 Å². The fraction of sp³-hybridized carbons (Fsp3) is 0.208. The highest BCUT2D eigenvalue weighted by Crippen LogP contribution is 2.24. The third-order valence-corrected chi connectivity index (χ3v) is 6.76. The Morgan fingerprint density at radius 1 is 0.938 bits per heavy atom. The van der Waals surface area contributed by atoms with Crippen LogP contribution in [0.1, 0.15) is 18.5 Å². The molecule has 7 nitrogen and oxygen atoms in total. The second-order valence-electron chi connectivity index (χ2n) is 7.13. The van der Waals surface area contributed by atoms with Crippen LogP contribution in [0, 0.1) is 0 Å². The van der Waals surface area contributed by atoms with Crippen LogP contribution in [0.4, 0.5) is 5.69 Å². The lowest BCUT2D eigenvalue weighted by Gasteiger charge is -2.20. The van der Waals surface area contributed by atoms with Crippen LogP contribution in [-0.4, -0.2) is 35.1 Å². The molecule has 0 aliphatic rings. The number of amides is 1. The number of benzene rings is 3. The van der Waals surface area contributed by atoms with Crippen LogP contribution in [0.2, 0.25) is 0 Å². The van der Waals surface area contributed by atoms with E-state index in [-0.39, 0.29) is 23.5 Å². The quantitative estimate of drug-likeness (QED) is 0.532. The van der Waals surface area contributed by atoms with E-state index >= 15 is 0 Å². The number of hydrogen-bond acceptors (Lipinski definition) is 5. The Kier molecular flexibility index (Phi) is 7.37. The van der Waals surface area contributed by atoms with Crippen LogP contribution < -0.4 is 19.1 Å². The van der Waals surface area contributed by atoms with Crippen LogP contribution in [-0.2, 0) is 14.8 Å². The molecule has 0 saturated carbocycles. The first-order valence-electron chi connectivity index (χ1n) is 10.0. The molecule has 8 heteroatoms. The van der Waals surface area contributed by atoms with Gasteiger partial charge in [-0.05, 0) is 61.0 Å². The molecule has 1 atom stereocenters. The zero-order valence-electron chi connectivity index (χ0n) is 18.2. The first kappa shape index (κ1) is 23.1. The summed E-state index contributed by atoms with van der Waals surface area (Å²) in [5.41, 5.74) is 1.44. The average Bonchev–Trinajstić information content (AvgIpc) is 2.83. The number of ether oxygens (including phenoxy) is 2. The van der Waals surface area contributed by atoms with Gasteiger partial charge in [-0.25, -0.2) is 8.42 Å². The Balaban J connectivity index is 1.55. The van der Waals surface area contributed by atoms with Crippen molar-refractivity contribution in [3.8, 4) is 11.5 Å². The van der Waals surface area contributed by atoms with Crippen LogP contribution in [0.15, 0.2) is 83.8 Å². The summed E-state index contributed by atoms with van der Waals surface area (Å²) in [4.78, 5) is 12.5. The number of carbonyl (C=O) groups is 1. The maximum atomic E-state index is 12.7. The van der Waals surface area contributed by atoms with Crippen molar-refractivity contribution in [3.05, 3.63) is 84.4 Å². The van der Waals surface area contributed by atoms with Crippen LogP contribution in [0.25, 0.3) is 0 Å². The number of nitrogens with zero attached hydrogens (tertiary/aromatic N) is 1. The van der Waals surface area contributed by atoms with Gasteiger partial charge >= 0.3 is 0 Å². The number of methoxy groups -OCH3 is 1. The molecular weight excluding hydrogens is 428 g/mol. The van der Waals surface area contributed by atoms with E-state index in [9.17, 15) is 13.2 Å². The Labute approximate surface area is 188 Å². The summed E-state index contributed by atoms with van der Waals surface area (Å²) in [5, 5.41) is 2.88. The van der Waals surface area contributed by atoms with Crippen molar-refractivity contribution in [3.63, 3.8) is 0 Å². The molecule has 1 amide bonds. The molecule has 0 aliphatic carbocycles. The van der Waals surface area contributed by atoms with Crippen LogP contribution in [0.5, 0.6) is 11.5 Å². The van der Waals surface area contributed by atoms with Gasteiger partial charge in [0.05, 0.1) is 23.7 Å². The number of anilines is 1. The van der Waals surface area contributed by atoms with Gasteiger partial charge < -0.3 is 14.8 Å². The summed E-state index contributed by atoms with van der Waals surface area (Å²) in [7, 11) is -0.561. The summed E-state index contributed by atoms with van der Waals surface area (Å²) in [6.45, 7) is 1.73. The smallest absolute Gasteiger partial charge is 0.264 e. The number of nitrogens with one attached hydrogen (secondary N) is 1. The number of sulfonamides is 1. The van der Waals surface area contributed by atoms with E-state index in [1.807, 2.05) is 31.2 Å². The van der Waals surface area contributed by atoms with Crippen molar-refractivity contribution in [2.75, 3.05) is 25.1 Å². The normalized spacial score (nSPS) is 12.0. The zero-order chi connectivity index (χ0) is 23.1. The largest absolute Gasteiger partial charge is 0.497 e. The molecule has 168 valence electrons. The molecule has 0 aromatic heterocycles. The minimum Gasteiger partial charge on any atom is -0.497 e. The Hall–Kier alpha value is -3.52. The maximum Gasteiger partial charge on any atom is 0.264 e. The molecule has 0 radical (unpaired) electrons. The van der Waals surface area contributed by atoms with Crippen molar-refractivity contribution in [1.82, 2.24) is 5.32 Å². The summed E-state index contributed by atoms with van der Waals surface area (Å²) in [6, 6.07) is 22.0. The third kappa shape index (κ3) is 5.59. The molecule has 0 saturated heterocycles. The highest BCUT2D eigenvalue weighted by Gasteiger charge is 2.20. The van der Waals surface area contributed by atoms with Gasteiger partial charge in [-0.1, -0.05) is 30.3 Å². The van der Waals surface area contributed by atoms with Gasteiger partial charge in [-0.2, -0.15) is 0 Å². The number of carbonyl (C=O) groups excluding carboxylic acids is 1. The molecule has 3 rings (SSSR count). The van der Waals surface area contributed by atoms with E-state index in [1.54, 1.807) is 61.7 Å². The van der Waals surface area contributed by atoms with Crippen LogP contribution >= 0.6 is 0 Å². The van der Waals surface area contributed by atoms with E-state index in [2.05, 4.69) is 5.32 Å². The Morgan fingerprint density at radius 2 is 1.53 bits per heavy atom. The standard InChI is InChI=1S/C24H26N2O5S/c1-18(19-9-13-21(30-3)14-10-19)25-24(27)17-31-22-15-11-20(12-16-22)26(2)32(28,29)23-7-5-4-6-8-23/h4-16,18H,17H2,1-3H3,(H,25,27)/t18-/m1/s1. The van der Waals surface area contributed by atoms with Gasteiger partial charge in [0.1, 0.15) is 11.5 Å². The summed E-state index contributed by atoms with van der Waals surface area (Å²) in [6.07, 6.45) is 0. The molecule has 3 aromatic rings. The van der Waals surface area contributed by atoms with Crippen molar-refractivity contribution in [2.45, 2.75) is 17.9 Å². The summed E-state index contributed by atoms with van der Waals surface area (Å²) >= 11 is 0. The molecule has 1 N–H and O–H groups in total. The molecule has 0 aliphatic heterocycles. The molecule has 0 bridgehead atoms. The van der Waals surface area contributed by atoms with E-state index < -0.39 is 10.0 Å². The lowest BCUT2D eigenvalue weighted by atomic mass is 10.1. The molecular formula is C24H26N2O5S. The highest BCUT2D eigenvalue weighted by molar-refractivity contribution is 7.92. The number of hydrogen-bond donors (Lipinski definition) is 1. The Bertz CT molecular complexity index is 1130. The number of rotatable bonds is 9. The topological polar surface area (TPSA) is 84.9 Å². The van der Waals surface area contributed by atoms with Gasteiger partial charge in [0, 0.05) is 7.05 Å². The van der Waals surface area contributed by atoms with Gasteiger partial charge in [0.15, 0.2) is 6.61 Å². The van der Waals surface area contributed by atoms with Crippen molar-refractivity contribution < 1.29 is 22.7 Å². The van der Waals surface area contributed by atoms with E-state index in [0.29, 0.717) is 11.4 Å². The molecule has 0 spiro atoms. The minimum absolute atomic E-state index is 0.155. The molecule has 32 heavy (non-hydrogen) atoms. The summed E-state index contributed by atoms with van der Waals surface area (Å²) in [5.74, 6) is 0.953. The predicted octanol–water partition coefficient (Wildman–Crippen LogP) is 3.78. The lowest BCUT2D eigenvalue weighted by Crippen LogP contribution is -2.31. The van der Waals surface area contributed by atoms with Gasteiger partial charge in [0.2, 0.25) is 0 Å². The second-order valence-corrected chi connectivity index (χ2v) is 9.10. The SMILES string of the molecule is COc1ccc([C@@H](C)NC(=O)COc2ccc(N(C)S(=O)(=O)c3ccccc3)cc2)cc1. The van der Waals surface area contributed by atoms with Gasteiger partial charge in [0.25, 0.3) is 15.9 Å². The third-order valence-electron chi connectivity index (χ3n) is 4.97. The first-order chi connectivity index (χ1) is 15.3. The van der Waals surface area contributed by atoms with Crippen molar-refractivity contribution in [1.29, 1.82) is 0 Å². The molecule has 0 heterocycles. The van der Waals surface area contributed by atoms with E-state index in [0.717, 1.165) is 11.3 Å². The van der Waals surface area contributed by atoms with Crippen molar-refractivity contribution in [2.24, 2.45) is 0 Å². The van der Waals surface area contributed by atoms with E-state index in [4.69, 9.17) is 9.47 Å². The lowest BCUT2D eigenvalue weighted by molar-refractivity contribution is -0.123. The summed E-state index contributed by atoms with van der Waals surface area (Å²) < 4.78 is 37.3. The van der Waals surface area contributed by atoms with E-state index in [1.165, 1.54) is 11.4 Å².